The van der Waals surface area contributed by atoms with Gasteiger partial charge in [0.15, 0.2) is 5.78 Å². The molecule has 1 aliphatic rings. The maximum atomic E-state index is 13.2. The molecule has 0 aromatic heterocycles. The highest BCUT2D eigenvalue weighted by atomic mass is 16.4. The van der Waals surface area contributed by atoms with Crippen molar-refractivity contribution < 1.29 is 29.4 Å². The molecule has 3 atom stereocenters. The molecule has 3 N–H and O–H groups in total. The highest BCUT2D eigenvalue weighted by Gasteiger charge is 2.41. The van der Waals surface area contributed by atoms with Crippen molar-refractivity contribution in [1.82, 2.24) is 5.32 Å². The Balaban J connectivity index is 1.52. The van der Waals surface area contributed by atoms with Crippen molar-refractivity contribution in [2.75, 3.05) is 4.90 Å². The SMILES string of the molecule is O=C(N[C@@H](Cc1ccccc1)C(=O)C[C@H](O)C(=O)N1c2ccccc2C[C@H]1C(=O)O)c1ccccc1. The number of hydrogen-bond acceptors (Lipinski definition) is 5. The summed E-state index contributed by atoms with van der Waals surface area (Å²) in [4.78, 5) is 52.0. The number of aliphatic carboxylic acids is 1. The first kappa shape index (κ1) is 24.8. The van der Waals surface area contributed by atoms with Gasteiger partial charge >= 0.3 is 5.97 Å². The minimum absolute atomic E-state index is 0.113. The van der Waals surface area contributed by atoms with Gasteiger partial charge in [0, 0.05) is 24.1 Å². The number of nitrogens with zero attached hydrogens (tertiary/aromatic N) is 1. The summed E-state index contributed by atoms with van der Waals surface area (Å²) in [7, 11) is 0. The molecule has 0 saturated carbocycles. The van der Waals surface area contributed by atoms with E-state index >= 15 is 0 Å². The van der Waals surface area contributed by atoms with Gasteiger partial charge in [-0.2, -0.15) is 0 Å². The van der Waals surface area contributed by atoms with Gasteiger partial charge in [-0.25, -0.2) is 4.79 Å². The summed E-state index contributed by atoms with van der Waals surface area (Å²) < 4.78 is 0. The molecule has 8 heteroatoms. The van der Waals surface area contributed by atoms with Crippen LogP contribution in [0.3, 0.4) is 0 Å². The quantitative estimate of drug-likeness (QED) is 0.427. The topological polar surface area (TPSA) is 124 Å². The van der Waals surface area contributed by atoms with Crippen LogP contribution in [0.2, 0.25) is 0 Å². The number of carbonyl (C=O) groups is 4. The molecule has 1 heterocycles. The van der Waals surface area contributed by atoms with Crippen LogP contribution in [0.25, 0.3) is 0 Å². The van der Waals surface area contributed by atoms with Crippen LogP contribution in [0.5, 0.6) is 0 Å². The number of para-hydroxylation sites is 1. The molecule has 8 nitrogen and oxygen atoms in total. The molecule has 0 bridgehead atoms. The number of carboxylic acids is 1. The van der Waals surface area contributed by atoms with Gasteiger partial charge in [-0.3, -0.25) is 19.3 Å². The summed E-state index contributed by atoms with van der Waals surface area (Å²) in [5.41, 5.74) is 2.25. The molecule has 0 aliphatic carbocycles. The first-order valence-electron chi connectivity index (χ1n) is 11.6. The lowest BCUT2D eigenvalue weighted by Crippen LogP contribution is -2.49. The molecule has 0 saturated heterocycles. The van der Waals surface area contributed by atoms with Crippen molar-refractivity contribution in [1.29, 1.82) is 0 Å². The van der Waals surface area contributed by atoms with Gasteiger partial charge in [0.1, 0.15) is 12.1 Å². The molecule has 184 valence electrons. The minimum atomic E-state index is -1.77. The maximum Gasteiger partial charge on any atom is 0.327 e. The molecule has 0 spiro atoms. The van der Waals surface area contributed by atoms with Gasteiger partial charge in [0.2, 0.25) is 0 Å². The summed E-state index contributed by atoms with van der Waals surface area (Å²) in [6, 6.07) is 22.1. The van der Waals surface area contributed by atoms with Crippen molar-refractivity contribution in [3.05, 3.63) is 102 Å². The largest absolute Gasteiger partial charge is 0.480 e. The van der Waals surface area contributed by atoms with E-state index in [1.165, 1.54) is 0 Å². The number of aliphatic hydroxyl groups is 1. The zero-order chi connectivity index (χ0) is 25.7. The van der Waals surface area contributed by atoms with Crippen molar-refractivity contribution in [2.45, 2.75) is 37.5 Å². The van der Waals surface area contributed by atoms with Crippen LogP contribution >= 0.6 is 0 Å². The first-order chi connectivity index (χ1) is 17.3. The fourth-order valence-electron chi connectivity index (χ4n) is 4.36. The third-order valence-corrected chi connectivity index (χ3v) is 6.19. The predicted molar refractivity (Wildman–Crippen MR) is 133 cm³/mol. The normalized spacial score (nSPS) is 16.0. The predicted octanol–water partition coefficient (Wildman–Crippen LogP) is 2.39. The van der Waals surface area contributed by atoms with E-state index in [9.17, 15) is 29.4 Å². The number of hydrogen-bond donors (Lipinski definition) is 3. The molecular weight excluding hydrogens is 460 g/mol. The Kier molecular flexibility index (Phi) is 7.56. The van der Waals surface area contributed by atoms with Crippen molar-refractivity contribution in [2.24, 2.45) is 0 Å². The van der Waals surface area contributed by atoms with Gasteiger partial charge < -0.3 is 15.5 Å². The Morgan fingerprint density at radius 3 is 2.17 bits per heavy atom. The number of fused-ring (bicyclic) bond motifs is 1. The Hall–Kier alpha value is -4.30. The molecule has 0 radical (unpaired) electrons. The summed E-state index contributed by atoms with van der Waals surface area (Å²) in [5, 5.41) is 23.1. The van der Waals surface area contributed by atoms with Crippen molar-refractivity contribution >= 4 is 29.3 Å². The van der Waals surface area contributed by atoms with Gasteiger partial charge in [-0.15, -0.1) is 0 Å². The van der Waals surface area contributed by atoms with E-state index in [0.717, 1.165) is 10.5 Å². The van der Waals surface area contributed by atoms with Gasteiger partial charge in [0.05, 0.1) is 6.04 Å². The summed E-state index contributed by atoms with van der Waals surface area (Å²) in [6.45, 7) is 0. The number of benzene rings is 3. The van der Waals surface area contributed by atoms with Crippen LogP contribution in [-0.4, -0.2) is 52.0 Å². The average Bonchev–Trinajstić information content (AvgIpc) is 3.29. The van der Waals surface area contributed by atoms with E-state index in [-0.39, 0.29) is 12.8 Å². The van der Waals surface area contributed by atoms with E-state index in [0.29, 0.717) is 16.8 Å². The zero-order valence-electron chi connectivity index (χ0n) is 19.4. The number of carbonyl (C=O) groups excluding carboxylic acids is 3. The summed E-state index contributed by atoms with van der Waals surface area (Å²) in [5.74, 6) is -3.06. The molecular formula is C28H26N2O6. The van der Waals surface area contributed by atoms with Crippen LogP contribution in [0.4, 0.5) is 5.69 Å². The first-order valence-corrected chi connectivity index (χ1v) is 11.6. The molecule has 0 fully saturated rings. The monoisotopic (exact) mass is 486 g/mol. The lowest BCUT2D eigenvalue weighted by Gasteiger charge is -2.26. The number of anilines is 1. The van der Waals surface area contributed by atoms with E-state index in [1.54, 1.807) is 54.6 Å². The Labute approximate surface area is 208 Å². The number of carboxylic acid groups (broad SMARTS) is 1. The van der Waals surface area contributed by atoms with E-state index in [1.807, 2.05) is 30.3 Å². The Morgan fingerprint density at radius 2 is 1.50 bits per heavy atom. The highest BCUT2D eigenvalue weighted by molar-refractivity contribution is 6.06. The van der Waals surface area contributed by atoms with E-state index < -0.39 is 48.2 Å². The van der Waals surface area contributed by atoms with E-state index in [4.69, 9.17) is 0 Å². The fraction of sp³-hybridized carbons (Fsp3) is 0.214. The molecule has 3 aromatic carbocycles. The third kappa shape index (κ3) is 5.50. The van der Waals surface area contributed by atoms with Gasteiger partial charge in [-0.1, -0.05) is 66.7 Å². The second-order valence-electron chi connectivity index (χ2n) is 8.66. The number of aliphatic hydroxyl groups excluding tert-OH is 1. The average molecular weight is 487 g/mol. The maximum absolute atomic E-state index is 13.2. The standard InChI is InChI=1S/C28H26N2O6/c31-24(17-25(32)27(34)30-22-14-8-7-13-20(22)16-23(30)28(35)36)21(15-18-9-3-1-4-10-18)29-26(33)19-11-5-2-6-12-19/h1-14,21,23,25,32H,15-17H2,(H,29,33)(H,35,36)/t21-,23-,25-/m0/s1. The Bertz CT molecular complexity index is 1260. The van der Waals surface area contributed by atoms with E-state index in [2.05, 4.69) is 5.32 Å². The molecule has 36 heavy (non-hydrogen) atoms. The molecule has 1 aliphatic heterocycles. The van der Waals surface area contributed by atoms with Gasteiger partial charge in [0.25, 0.3) is 11.8 Å². The molecule has 0 unspecified atom stereocenters. The second kappa shape index (κ2) is 11.0. The lowest BCUT2D eigenvalue weighted by atomic mass is 9.97. The number of ketones is 1. The molecule has 2 amide bonds. The number of nitrogens with one attached hydrogen (secondary N) is 1. The van der Waals surface area contributed by atoms with Gasteiger partial charge in [-0.05, 0) is 35.7 Å². The summed E-state index contributed by atoms with van der Waals surface area (Å²) in [6.07, 6.45) is -2.06. The van der Waals surface area contributed by atoms with Crippen LogP contribution in [-0.2, 0) is 27.2 Å². The van der Waals surface area contributed by atoms with Crippen LogP contribution in [0, 0.1) is 0 Å². The smallest absolute Gasteiger partial charge is 0.327 e. The fourth-order valence-corrected chi connectivity index (χ4v) is 4.36. The number of amides is 2. The van der Waals surface area contributed by atoms with Crippen LogP contribution in [0.1, 0.15) is 27.9 Å². The van der Waals surface area contributed by atoms with Crippen molar-refractivity contribution in [3.8, 4) is 0 Å². The van der Waals surface area contributed by atoms with Crippen molar-refractivity contribution in [3.63, 3.8) is 0 Å². The minimum Gasteiger partial charge on any atom is -0.480 e. The lowest BCUT2D eigenvalue weighted by molar-refractivity contribution is -0.141. The second-order valence-corrected chi connectivity index (χ2v) is 8.66. The number of Topliss-reactive ketones (excluding diaryl/α,β-unsaturated/α-hetero) is 1. The van der Waals surface area contributed by atoms with Crippen LogP contribution in [0.15, 0.2) is 84.9 Å². The zero-order valence-corrected chi connectivity index (χ0v) is 19.4. The summed E-state index contributed by atoms with van der Waals surface area (Å²) >= 11 is 0. The molecule has 4 rings (SSSR count). The van der Waals surface area contributed by atoms with Crippen LogP contribution < -0.4 is 10.2 Å². The third-order valence-electron chi connectivity index (χ3n) is 6.19. The molecule has 3 aromatic rings. The number of rotatable bonds is 9. The Morgan fingerprint density at radius 1 is 0.889 bits per heavy atom. The highest BCUT2D eigenvalue weighted by Crippen LogP contribution is 2.33.